The van der Waals surface area contributed by atoms with E-state index in [0.717, 1.165) is 0 Å². The zero-order chi connectivity index (χ0) is 6.57. The normalized spacial score (nSPS) is 8.25. The standard InChI is InChI=1S/C6H10NO/c1-4-7-6(8)5(2)3/h1-2,4H2,3H3,(H,7,8). The van der Waals surface area contributed by atoms with Crippen LogP contribution in [0.1, 0.15) is 6.92 Å². The third-order valence-electron chi connectivity index (χ3n) is 0.673. The fourth-order valence-corrected chi connectivity index (χ4v) is 0.264. The lowest BCUT2D eigenvalue weighted by Crippen LogP contribution is -2.22. The van der Waals surface area contributed by atoms with E-state index in [1.165, 1.54) is 0 Å². The van der Waals surface area contributed by atoms with Crippen molar-refractivity contribution in [1.29, 1.82) is 0 Å². The Labute approximate surface area is 49.6 Å². The predicted molar refractivity (Wildman–Crippen MR) is 33.2 cm³/mol. The van der Waals surface area contributed by atoms with E-state index in [2.05, 4.69) is 18.8 Å². The number of nitrogens with one attached hydrogen (secondary N) is 1. The van der Waals surface area contributed by atoms with Crippen LogP contribution in [0, 0.1) is 6.92 Å². The molecular formula is C6H10NO. The van der Waals surface area contributed by atoms with Gasteiger partial charge in [-0.2, -0.15) is 0 Å². The van der Waals surface area contributed by atoms with Crippen molar-refractivity contribution in [3.8, 4) is 0 Å². The molecule has 1 N–H and O–H groups in total. The molecule has 45 valence electrons. The summed E-state index contributed by atoms with van der Waals surface area (Å²) in [7, 11) is 0. The van der Waals surface area contributed by atoms with Gasteiger partial charge < -0.3 is 5.32 Å². The topological polar surface area (TPSA) is 29.1 Å². The molecule has 8 heavy (non-hydrogen) atoms. The van der Waals surface area contributed by atoms with E-state index in [0.29, 0.717) is 12.1 Å². The molecule has 0 aliphatic heterocycles. The zero-order valence-electron chi connectivity index (χ0n) is 5.03. The van der Waals surface area contributed by atoms with Gasteiger partial charge >= 0.3 is 0 Å². The molecule has 0 bridgehead atoms. The van der Waals surface area contributed by atoms with Gasteiger partial charge in [0.1, 0.15) is 0 Å². The SMILES string of the molecule is [CH2]CNC(=O)C(=C)C. The Morgan fingerprint density at radius 3 is 2.38 bits per heavy atom. The van der Waals surface area contributed by atoms with E-state index in [1.54, 1.807) is 6.92 Å². The van der Waals surface area contributed by atoms with Crippen molar-refractivity contribution < 1.29 is 4.79 Å². The maximum absolute atomic E-state index is 10.5. The molecule has 2 nitrogen and oxygen atoms in total. The number of hydrogen-bond acceptors (Lipinski definition) is 1. The largest absolute Gasteiger partial charge is 0.352 e. The summed E-state index contributed by atoms with van der Waals surface area (Å²) >= 11 is 0. The number of amides is 1. The molecule has 0 unspecified atom stereocenters. The van der Waals surface area contributed by atoms with Crippen LogP contribution in [-0.2, 0) is 4.79 Å². The Morgan fingerprint density at radius 2 is 2.25 bits per heavy atom. The summed E-state index contributed by atoms with van der Waals surface area (Å²) in [5.41, 5.74) is 0.522. The van der Waals surface area contributed by atoms with Crippen LogP contribution in [0.25, 0.3) is 0 Å². The number of hydrogen-bond donors (Lipinski definition) is 1. The molecule has 0 aromatic carbocycles. The minimum atomic E-state index is -0.125. The van der Waals surface area contributed by atoms with Gasteiger partial charge in [-0.15, -0.1) is 0 Å². The third-order valence-corrected chi connectivity index (χ3v) is 0.673. The second-order valence-corrected chi connectivity index (χ2v) is 1.54. The van der Waals surface area contributed by atoms with Crippen molar-refractivity contribution in [2.45, 2.75) is 6.92 Å². The van der Waals surface area contributed by atoms with Gasteiger partial charge in [-0.25, -0.2) is 0 Å². The average molecular weight is 112 g/mol. The fourth-order valence-electron chi connectivity index (χ4n) is 0.264. The maximum Gasteiger partial charge on any atom is 0.246 e. The predicted octanol–water partition coefficient (Wildman–Crippen LogP) is 0.513. The van der Waals surface area contributed by atoms with Crippen molar-refractivity contribution in [2.24, 2.45) is 0 Å². The Bertz CT molecular complexity index is 107. The van der Waals surface area contributed by atoms with Gasteiger partial charge in [0.15, 0.2) is 0 Å². The molecule has 0 fully saturated rings. The van der Waals surface area contributed by atoms with Crippen LogP contribution in [0.5, 0.6) is 0 Å². The minimum absolute atomic E-state index is 0.125. The minimum Gasteiger partial charge on any atom is -0.352 e. The molecular weight excluding hydrogens is 102 g/mol. The molecule has 0 saturated carbocycles. The molecule has 0 rings (SSSR count). The summed E-state index contributed by atoms with van der Waals surface area (Å²) in [4.78, 5) is 10.5. The summed E-state index contributed by atoms with van der Waals surface area (Å²) < 4.78 is 0. The van der Waals surface area contributed by atoms with Crippen LogP contribution in [-0.4, -0.2) is 12.5 Å². The second-order valence-electron chi connectivity index (χ2n) is 1.54. The maximum atomic E-state index is 10.5. The average Bonchev–Trinajstić information content (AvgIpc) is 1.67. The van der Waals surface area contributed by atoms with Crippen molar-refractivity contribution >= 4 is 5.91 Å². The second kappa shape index (κ2) is 3.24. The van der Waals surface area contributed by atoms with Gasteiger partial charge in [-0.3, -0.25) is 4.79 Å². The van der Waals surface area contributed by atoms with Gasteiger partial charge in [-0.1, -0.05) is 6.58 Å². The fraction of sp³-hybridized carbons (Fsp3) is 0.333. The highest BCUT2D eigenvalue weighted by molar-refractivity contribution is 5.92. The van der Waals surface area contributed by atoms with Gasteiger partial charge in [0.25, 0.3) is 0 Å². The number of rotatable bonds is 2. The first-order valence-electron chi connectivity index (χ1n) is 2.41. The van der Waals surface area contributed by atoms with Crippen molar-refractivity contribution in [2.75, 3.05) is 6.54 Å². The summed E-state index contributed by atoms with van der Waals surface area (Å²) in [6.45, 7) is 8.95. The molecule has 0 saturated heterocycles. The molecule has 1 amide bonds. The van der Waals surface area contributed by atoms with Crippen LogP contribution in [0.4, 0.5) is 0 Å². The van der Waals surface area contributed by atoms with Crippen molar-refractivity contribution in [3.63, 3.8) is 0 Å². The lowest BCUT2D eigenvalue weighted by Gasteiger charge is -1.96. The number of carbonyl (C=O) groups excluding carboxylic acids is 1. The van der Waals surface area contributed by atoms with Gasteiger partial charge in [-0.05, 0) is 13.8 Å². The van der Waals surface area contributed by atoms with E-state index in [1.807, 2.05) is 0 Å². The summed E-state index contributed by atoms with van der Waals surface area (Å²) in [6, 6.07) is 0. The lowest BCUT2D eigenvalue weighted by atomic mass is 10.3. The van der Waals surface area contributed by atoms with Crippen LogP contribution in [0.15, 0.2) is 12.2 Å². The molecule has 0 aromatic rings. The highest BCUT2D eigenvalue weighted by Gasteiger charge is 1.95. The Morgan fingerprint density at radius 1 is 1.75 bits per heavy atom. The van der Waals surface area contributed by atoms with Crippen molar-refractivity contribution in [3.05, 3.63) is 19.1 Å². The first kappa shape index (κ1) is 7.21. The first-order valence-corrected chi connectivity index (χ1v) is 2.41. The molecule has 1 radical (unpaired) electrons. The Hall–Kier alpha value is -0.790. The van der Waals surface area contributed by atoms with E-state index in [4.69, 9.17) is 0 Å². The molecule has 0 aliphatic carbocycles. The zero-order valence-corrected chi connectivity index (χ0v) is 5.03. The van der Waals surface area contributed by atoms with Crippen LogP contribution in [0.2, 0.25) is 0 Å². The van der Waals surface area contributed by atoms with Crippen LogP contribution < -0.4 is 5.32 Å². The van der Waals surface area contributed by atoms with Gasteiger partial charge in [0.05, 0.1) is 0 Å². The van der Waals surface area contributed by atoms with E-state index in [-0.39, 0.29) is 5.91 Å². The highest BCUT2D eigenvalue weighted by Crippen LogP contribution is 1.82. The summed E-state index contributed by atoms with van der Waals surface area (Å²) in [5, 5.41) is 2.50. The van der Waals surface area contributed by atoms with Crippen molar-refractivity contribution in [1.82, 2.24) is 5.32 Å². The third kappa shape index (κ3) is 2.39. The summed E-state index contributed by atoms with van der Waals surface area (Å²) in [5.74, 6) is -0.125. The molecule has 0 aromatic heterocycles. The van der Waals surface area contributed by atoms with E-state index < -0.39 is 0 Å². The lowest BCUT2D eigenvalue weighted by molar-refractivity contribution is -0.117. The number of carbonyl (C=O) groups is 1. The Balaban J connectivity index is 3.49. The monoisotopic (exact) mass is 112 g/mol. The quantitative estimate of drug-likeness (QED) is 0.518. The smallest absolute Gasteiger partial charge is 0.246 e. The first-order chi connectivity index (χ1) is 3.68. The Kier molecular flexibility index (Phi) is 2.92. The molecule has 0 atom stereocenters. The van der Waals surface area contributed by atoms with Crippen LogP contribution >= 0.6 is 0 Å². The van der Waals surface area contributed by atoms with Gasteiger partial charge in [0.2, 0.25) is 5.91 Å². The summed E-state index contributed by atoms with van der Waals surface area (Å²) in [6.07, 6.45) is 0. The molecule has 0 aliphatic rings. The van der Waals surface area contributed by atoms with E-state index in [9.17, 15) is 4.79 Å². The molecule has 0 spiro atoms. The van der Waals surface area contributed by atoms with Crippen LogP contribution in [0.3, 0.4) is 0 Å². The highest BCUT2D eigenvalue weighted by atomic mass is 16.1. The molecule has 2 heteroatoms. The van der Waals surface area contributed by atoms with Gasteiger partial charge in [0, 0.05) is 12.1 Å². The molecule has 0 heterocycles. The van der Waals surface area contributed by atoms with E-state index >= 15 is 0 Å².